The van der Waals surface area contributed by atoms with Crippen molar-refractivity contribution in [3.63, 3.8) is 0 Å². The second-order valence-electron chi connectivity index (χ2n) is 2.87. The van der Waals surface area contributed by atoms with Crippen LogP contribution < -0.4 is 0 Å². The summed E-state index contributed by atoms with van der Waals surface area (Å²) in [5.74, 6) is 0.275. The van der Waals surface area contributed by atoms with Gasteiger partial charge in [-0.05, 0) is 5.92 Å². The van der Waals surface area contributed by atoms with Crippen molar-refractivity contribution in [3.05, 3.63) is 0 Å². The van der Waals surface area contributed by atoms with Crippen LogP contribution in [0.25, 0.3) is 0 Å². The minimum absolute atomic E-state index is 0.125. The smallest absolute Gasteiger partial charge is 0.0977 e. The predicted octanol–water partition coefficient (Wildman–Crippen LogP) is 2.26. The van der Waals surface area contributed by atoms with Gasteiger partial charge in [0.2, 0.25) is 0 Å². The number of hydrogen-bond donors (Lipinski definition) is 1. The summed E-state index contributed by atoms with van der Waals surface area (Å²) in [5.41, 5.74) is 0. The van der Waals surface area contributed by atoms with E-state index in [1.807, 2.05) is 0 Å². The summed E-state index contributed by atoms with van der Waals surface area (Å²) >= 11 is 1.55. The summed E-state index contributed by atoms with van der Waals surface area (Å²) in [6, 6.07) is 2.20. The molecule has 1 heterocycles. The largest absolute Gasteiger partial charge is 0.297 e. The molecular formula is C8H12N2S. The van der Waals surface area contributed by atoms with Crippen LogP contribution in [0.5, 0.6) is 0 Å². The van der Waals surface area contributed by atoms with Crippen LogP contribution in [0.1, 0.15) is 20.3 Å². The molecular weight excluding hydrogens is 156 g/mol. The molecule has 3 heteroatoms. The van der Waals surface area contributed by atoms with Gasteiger partial charge in [-0.2, -0.15) is 5.26 Å². The Hall–Kier alpha value is -0.490. The molecule has 0 aliphatic carbocycles. The van der Waals surface area contributed by atoms with Crippen molar-refractivity contribution in [2.45, 2.75) is 25.5 Å². The first-order chi connectivity index (χ1) is 5.20. The molecule has 0 aromatic rings. The molecule has 0 spiro atoms. The highest BCUT2D eigenvalue weighted by Gasteiger charge is 2.37. The van der Waals surface area contributed by atoms with Crippen LogP contribution in [0, 0.1) is 28.6 Å². The molecule has 1 aliphatic heterocycles. The van der Waals surface area contributed by atoms with E-state index in [0.717, 1.165) is 6.42 Å². The molecule has 1 aliphatic rings. The zero-order valence-corrected chi connectivity index (χ0v) is 7.61. The minimum Gasteiger partial charge on any atom is -0.297 e. The molecule has 3 unspecified atom stereocenters. The maximum absolute atomic E-state index is 8.75. The van der Waals surface area contributed by atoms with Crippen LogP contribution in [0.2, 0.25) is 0 Å². The second-order valence-corrected chi connectivity index (χ2v) is 4.29. The van der Waals surface area contributed by atoms with E-state index in [2.05, 4.69) is 19.9 Å². The monoisotopic (exact) mass is 168 g/mol. The van der Waals surface area contributed by atoms with Gasteiger partial charge in [0.25, 0.3) is 0 Å². The number of thioether (sulfide) groups is 1. The average molecular weight is 168 g/mol. The number of rotatable bonds is 1. The molecule has 0 aromatic carbocycles. The quantitative estimate of drug-likeness (QED) is 0.653. The van der Waals surface area contributed by atoms with Crippen molar-refractivity contribution in [2.75, 3.05) is 0 Å². The Labute approximate surface area is 71.5 Å². The van der Waals surface area contributed by atoms with Crippen LogP contribution in [-0.4, -0.2) is 10.3 Å². The third-order valence-electron chi connectivity index (χ3n) is 2.24. The highest BCUT2D eigenvalue weighted by atomic mass is 32.2. The van der Waals surface area contributed by atoms with Crippen LogP contribution in [0.3, 0.4) is 0 Å². The fraction of sp³-hybridized carbons (Fsp3) is 0.750. The lowest BCUT2D eigenvalue weighted by molar-refractivity contribution is 0.476. The highest BCUT2D eigenvalue weighted by molar-refractivity contribution is 8.14. The molecule has 2 nitrogen and oxygen atoms in total. The predicted molar refractivity (Wildman–Crippen MR) is 47.7 cm³/mol. The lowest BCUT2D eigenvalue weighted by atomic mass is 9.90. The van der Waals surface area contributed by atoms with Gasteiger partial charge in [0.1, 0.15) is 0 Å². The van der Waals surface area contributed by atoms with E-state index in [4.69, 9.17) is 10.7 Å². The van der Waals surface area contributed by atoms with Gasteiger partial charge in [0.15, 0.2) is 0 Å². The molecule has 0 saturated carbocycles. The summed E-state index contributed by atoms with van der Waals surface area (Å²) in [6.07, 6.45) is 1.01. The normalized spacial score (nSPS) is 37.2. The van der Waals surface area contributed by atoms with Crippen molar-refractivity contribution < 1.29 is 0 Å². The standard InChI is InChI=1S/C8H12N2S/c1-3-6-5(2)11-8(10)7(6)4-9/h5-7,10H,3H2,1-2H3. The van der Waals surface area contributed by atoms with E-state index in [9.17, 15) is 0 Å². The molecule has 1 saturated heterocycles. The molecule has 0 amide bonds. The van der Waals surface area contributed by atoms with E-state index in [1.165, 1.54) is 0 Å². The van der Waals surface area contributed by atoms with Crippen molar-refractivity contribution in [3.8, 4) is 6.07 Å². The summed E-state index contributed by atoms with van der Waals surface area (Å²) in [7, 11) is 0. The average Bonchev–Trinajstić information content (AvgIpc) is 2.24. The van der Waals surface area contributed by atoms with Gasteiger partial charge in [0, 0.05) is 5.25 Å². The lowest BCUT2D eigenvalue weighted by Crippen LogP contribution is -2.15. The van der Waals surface area contributed by atoms with Crippen molar-refractivity contribution in [1.29, 1.82) is 10.7 Å². The van der Waals surface area contributed by atoms with Crippen LogP contribution in [0.4, 0.5) is 0 Å². The maximum atomic E-state index is 8.75. The van der Waals surface area contributed by atoms with Crippen molar-refractivity contribution >= 4 is 16.8 Å². The third kappa shape index (κ3) is 1.41. The lowest BCUT2D eigenvalue weighted by Gasteiger charge is -2.12. The Morgan fingerprint density at radius 1 is 1.73 bits per heavy atom. The van der Waals surface area contributed by atoms with E-state index in [1.54, 1.807) is 11.8 Å². The van der Waals surface area contributed by atoms with Crippen molar-refractivity contribution in [1.82, 2.24) is 0 Å². The number of nitriles is 1. The summed E-state index contributed by atoms with van der Waals surface area (Å²) in [4.78, 5) is 0. The fourth-order valence-electron chi connectivity index (χ4n) is 1.55. The van der Waals surface area contributed by atoms with E-state index >= 15 is 0 Å². The van der Waals surface area contributed by atoms with E-state index < -0.39 is 0 Å². The SMILES string of the molecule is CCC1C(C)SC(=N)C1C#N. The Balaban J connectivity index is 2.77. The second kappa shape index (κ2) is 3.27. The fourth-order valence-corrected chi connectivity index (χ4v) is 2.85. The number of nitrogens with zero attached hydrogens (tertiary/aromatic N) is 1. The summed E-state index contributed by atoms with van der Waals surface area (Å²) in [5, 5.41) is 17.3. The molecule has 1 rings (SSSR count). The first kappa shape index (κ1) is 8.61. The zero-order valence-electron chi connectivity index (χ0n) is 6.79. The summed E-state index contributed by atoms with van der Waals surface area (Å²) in [6.45, 7) is 4.19. The number of hydrogen-bond acceptors (Lipinski definition) is 3. The van der Waals surface area contributed by atoms with Gasteiger partial charge in [-0.1, -0.05) is 20.3 Å². The van der Waals surface area contributed by atoms with Gasteiger partial charge in [-0.25, -0.2) is 0 Å². The molecule has 0 radical (unpaired) electrons. The molecule has 60 valence electrons. The molecule has 0 bridgehead atoms. The van der Waals surface area contributed by atoms with Crippen molar-refractivity contribution in [2.24, 2.45) is 11.8 Å². The first-order valence-corrected chi connectivity index (χ1v) is 4.73. The van der Waals surface area contributed by atoms with Gasteiger partial charge in [0.05, 0.1) is 17.0 Å². The van der Waals surface area contributed by atoms with Crippen LogP contribution in [0.15, 0.2) is 0 Å². The third-order valence-corrected chi connectivity index (χ3v) is 3.47. The Bertz CT molecular complexity index is 207. The minimum atomic E-state index is -0.125. The molecule has 1 N–H and O–H groups in total. The Morgan fingerprint density at radius 2 is 2.36 bits per heavy atom. The molecule has 1 fully saturated rings. The highest BCUT2D eigenvalue weighted by Crippen LogP contribution is 2.39. The van der Waals surface area contributed by atoms with Gasteiger partial charge >= 0.3 is 0 Å². The molecule has 0 aromatic heterocycles. The van der Waals surface area contributed by atoms with E-state index in [0.29, 0.717) is 16.2 Å². The van der Waals surface area contributed by atoms with E-state index in [-0.39, 0.29) is 5.92 Å². The molecule has 3 atom stereocenters. The van der Waals surface area contributed by atoms with Crippen LogP contribution >= 0.6 is 11.8 Å². The molecule has 11 heavy (non-hydrogen) atoms. The Morgan fingerprint density at radius 3 is 2.73 bits per heavy atom. The Kier molecular flexibility index (Phi) is 2.56. The van der Waals surface area contributed by atoms with Crippen LogP contribution in [-0.2, 0) is 0 Å². The van der Waals surface area contributed by atoms with Gasteiger partial charge in [-0.15, -0.1) is 11.8 Å². The zero-order chi connectivity index (χ0) is 8.43. The topological polar surface area (TPSA) is 47.6 Å². The maximum Gasteiger partial charge on any atom is 0.0977 e. The first-order valence-electron chi connectivity index (χ1n) is 3.85. The number of nitrogens with one attached hydrogen (secondary N) is 1. The summed E-state index contributed by atoms with van der Waals surface area (Å²) < 4.78 is 0. The van der Waals surface area contributed by atoms with Gasteiger partial charge < -0.3 is 0 Å². The van der Waals surface area contributed by atoms with Gasteiger partial charge in [-0.3, -0.25) is 5.41 Å².